The van der Waals surface area contributed by atoms with Crippen molar-refractivity contribution >= 4 is 46.5 Å². The van der Waals surface area contributed by atoms with E-state index in [1.165, 1.54) is 22.9 Å². The summed E-state index contributed by atoms with van der Waals surface area (Å²) in [7, 11) is 0. The maximum Gasteiger partial charge on any atom is 0.256 e. The molecule has 4 nitrogen and oxygen atoms in total. The van der Waals surface area contributed by atoms with E-state index in [0.29, 0.717) is 32.3 Å². The molecule has 0 spiro atoms. The second-order valence-electron chi connectivity index (χ2n) is 6.39. The van der Waals surface area contributed by atoms with Gasteiger partial charge in [0, 0.05) is 27.2 Å². The Bertz CT molecular complexity index is 1240. The third-order valence-corrected chi connectivity index (χ3v) is 5.12. The molecule has 0 aliphatic carbocycles. The Kier molecular flexibility index (Phi) is 5.77. The first-order valence-electron chi connectivity index (χ1n) is 8.79. The van der Waals surface area contributed by atoms with Crippen molar-refractivity contribution in [2.45, 2.75) is 0 Å². The molecule has 0 saturated carbocycles. The second kappa shape index (κ2) is 8.48. The molecular formula is C22H13Cl3FN3O. The number of nitrogens with zero attached hydrogens (tertiary/aromatic N) is 2. The SMILES string of the molecule is O=C(Nc1cc(-c2ccc(Cl)cc2)nn1-c1cc(Cl)ccc1Cl)c1cccc(F)c1. The van der Waals surface area contributed by atoms with Crippen LogP contribution >= 0.6 is 34.8 Å². The van der Waals surface area contributed by atoms with Gasteiger partial charge in [-0.1, -0.05) is 53.0 Å². The predicted octanol–water partition coefficient (Wildman–Crippen LogP) is 6.89. The van der Waals surface area contributed by atoms with Crippen LogP contribution in [0, 0.1) is 5.82 Å². The molecule has 0 atom stereocenters. The minimum Gasteiger partial charge on any atom is -0.306 e. The molecule has 0 fully saturated rings. The molecule has 0 radical (unpaired) electrons. The fraction of sp³-hybridized carbons (Fsp3) is 0. The number of carbonyl (C=O) groups excluding carboxylic acids is 1. The standard InChI is InChI=1S/C22H13Cl3FN3O/c23-15-6-4-13(5-7-15)19-12-21(27-22(30)14-2-1-3-17(26)10-14)29(28-19)20-11-16(24)8-9-18(20)25/h1-12H,(H,27,30). The summed E-state index contributed by atoms with van der Waals surface area (Å²) in [5.41, 5.74) is 2.03. The van der Waals surface area contributed by atoms with Gasteiger partial charge in [0.25, 0.3) is 5.91 Å². The molecule has 0 aliphatic rings. The number of aromatic nitrogens is 2. The molecule has 8 heteroatoms. The highest BCUT2D eigenvalue weighted by Gasteiger charge is 2.17. The van der Waals surface area contributed by atoms with Gasteiger partial charge in [-0.05, 0) is 48.5 Å². The van der Waals surface area contributed by atoms with E-state index in [1.807, 2.05) is 12.1 Å². The molecule has 1 aromatic heterocycles. The highest BCUT2D eigenvalue weighted by Crippen LogP contribution is 2.30. The van der Waals surface area contributed by atoms with E-state index >= 15 is 0 Å². The Hall–Kier alpha value is -2.86. The third kappa shape index (κ3) is 4.33. The van der Waals surface area contributed by atoms with E-state index in [0.717, 1.165) is 11.6 Å². The highest BCUT2D eigenvalue weighted by molar-refractivity contribution is 6.34. The molecule has 0 unspecified atom stereocenters. The summed E-state index contributed by atoms with van der Waals surface area (Å²) < 4.78 is 15.0. The van der Waals surface area contributed by atoms with Crippen molar-refractivity contribution in [3.05, 3.63) is 99.2 Å². The number of carbonyl (C=O) groups is 1. The zero-order valence-electron chi connectivity index (χ0n) is 15.2. The number of benzene rings is 3. The van der Waals surface area contributed by atoms with Crippen molar-refractivity contribution in [2.75, 3.05) is 5.32 Å². The van der Waals surface area contributed by atoms with Crippen molar-refractivity contribution in [1.82, 2.24) is 9.78 Å². The van der Waals surface area contributed by atoms with Crippen LogP contribution in [-0.4, -0.2) is 15.7 Å². The fourth-order valence-corrected chi connectivity index (χ4v) is 3.37. The number of hydrogen-bond donors (Lipinski definition) is 1. The van der Waals surface area contributed by atoms with Crippen molar-refractivity contribution in [3.8, 4) is 16.9 Å². The minimum absolute atomic E-state index is 0.174. The Morgan fingerprint density at radius 3 is 2.37 bits per heavy atom. The van der Waals surface area contributed by atoms with Gasteiger partial charge >= 0.3 is 0 Å². The van der Waals surface area contributed by atoms with Crippen molar-refractivity contribution < 1.29 is 9.18 Å². The van der Waals surface area contributed by atoms with Crippen LogP contribution < -0.4 is 5.32 Å². The van der Waals surface area contributed by atoms with Crippen LogP contribution in [0.4, 0.5) is 10.2 Å². The first-order valence-corrected chi connectivity index (χ1v) is 9.92. The largest absolute Gasteiger partial charge is 0.306 e. The summed E-state index contributed by atoms with van der Waals surface area (Å²) in [5, 5.41) is 8.80. The number of amides is 1. The maximum absolute atomic E-state index is 13.5. The van der Waals surface area contributed by atoms with Gasteiger partial charge in [0.15, 0.2) is 0 Å². The average Bonchev–Trinajstić information content (AvgIpc) is 3.13. The molecule has 1 heterocycles. The number of rotatable bonds is 4. The van der Waals surface area contributed by atoms with Gasteiger partial charge in [-0.25, -0.2) is 9.07 Å². The molecule has 1 amide bonds. The summed E-state index contributed by atoms with van der Waals surface area (Å²) in [6.45, 7) is 0. The average molecular weight is 461 g/mol. The molecule has 3 aromatic carbocycles. The second-order valence-corrected chi connectivity index (χ2v) is 7.67. The van der Waals surface area contributed by atoms with Gasteiger partial charge in [0.05, 0.1) is 16.4 Å². The van der Waals surface area contributed by atoms with E-state index in [2.05, 4.69) is 10.4 Å². The number of anilines is 1. The molecule has 1 N–H and O–H groups in total. The fourth-order valence-electron chi connectivity index (χ4n) is 2.88. The smallest absolute Gasteiger partial charge is 0.256 e. The lowest BCUT2D eigenvalue weighted by molar-refractivity contribution is 0.102. The lowest BCUT2D eigenvalue weighted by Crippen LogP contribution is -2.15. The van der Waals surface area contributed by atoms with Crippen LogP contribution in [0.1, 0.15) is 10.4 Å². The lowest BCUT2D eigenvalue weighted by Gasteiger charge is -2.11. The van der Waals surface area contributed by atoms with Crippen molar-refractivity contribution in [2.24, 2.45) is 0 Å². The summed E-state index contributed by atoms with van der Waals surface area (Å²) in [4.78, 5) is 12.7. The number of halogens is 4. The molecule has 0 bridgehead atoms. The molecular weight excluding hydrogens is 448 g/mol. The molecule has 4 aromatic rings. The molecule has 0 saturated heterocycles. The van der Waals surface area contributed by atoms with Gasteiger partial charge < -0.3 is 5.32 Å². The summed E-state index contributed by atoms with van der Waals surface area (Å²) in [6.07, 6.45) is 0. The van der Waals surface area contributed by atoms with Crippen LogP contribution in [-0.2, 0) is 0 Å². The normalized spacial score (nSPS) is 10.8. The van der Waals surface area contributed by atoms with Gasteiger partial charge in [0.2, 0.25) is 0 Å². The van der Waals surface area contributed by atoms with E-state index < -0.39 is 11.7 Å². The maximum atomic E-state index is 13.5. The quantitative estimate of drug-likeness (QED) is 0.360. The number of hydrogen-bond acceptors (Lipinski definition) is 2. The summed E-state index contributed by atoms with van der Waals surface area (Å²) in [6, 6.07) is 19.1. The van der Waals surface area contributed by atoms with Crippen LogP contribution in [0.3, 0.4) is 0 Å². The number of nitrogens with one attached hydrogen (secondary N) is 1. The Morgan fingerprint density at radius 1 is 0.900 bits per heavy atom. The van der Waals surface area contributed by atoms with Gasteiger partial charge in [0.1, 0.15) is 11.6 Å². The monoisotopic (exact) mass is 459 g/mol. The molecule has 150 valence electrons. The predicted molar refractivity (Wildman–Crippen MR) is 118 cm³/mol. The van der Waals surface area contributed by atoms with Gasteiger partial charge in [-0.3, -0.25) is 4.79 Å². The zero-order chi connectivity index (χ0) is 21.3. The van der Waals surface area contributed by atoms with Crippen molar-refractivity contribution in [3.63, 3.8) is 0 Å². The molecule has 30 heavy (non-hydrogen) atoms. The van der Waals surface area contributed by atoms with Gasteiger partial charge in [-0.15, -0.1) is 0 Å². The van der Waals surface area contributed by atoms with E-state index in [-0.39, 0.29) is 5.56 Å². The Balaban J connectivity index is 1.80. The van der Waals surface area contributed by atoms with Crippen LogP contribution in [0.5, 0.6) is 0 Å². The van der Waals surface area contributed by atoms with Crippen LogP contribution in [0.15, 0.2) is 72.8 Å². The third-order valence-electron chi connectivity index (χ3n) is 4.31. The summed E-state index contributed by atoms with van der Waals surface area (Å²) >= 11 is 18.5. The summed E-state index contributed by atoms with van der Waals surface area (Å²) in [5.74, 6) is -0.647. The lowest BCUT2D eigenvalue weighted by atomic mass is 10.1. The highest BCUT2D eigenvalue weighted by atomic mass is 35.5. The van der Waals surface area contributed by atoms with Crippen molar-refractivity contribution in [1.29, 1.82) is 0 Å². The molecule has 4 rings (SSSR count). The van der Waals surface area contributed by atoms with E-state index in [1.54, 1.807) is 36.4 Å². The van der Waals surface area contributed by atoms with E-state index in [9.17, 15) is 9.18 Å². The Morgan fingerprint density at radius 2 is 1.63 bits per heavy atom. The molecule has 0 aliphatic heterocycles. The van der Waals surface area contributed by atoms with Crippen LogP contribution in [0.25, 0.3) is 16.9 Å². The first-order chi connectivity index (χ1) is 14.4. The van der Waals surface area contributed by atoms with Gasteiger partial charge in [-0.2, -0.15) is 5.10 Å². The minimum atomic E-state index is -0.504. The topological polar surface area (TPSA) is 46.9 Å². The first kappa shape index (κ1) is 20.4. The Labute approximate surface area is 186 Å². The zero-order valence-corrected chi connectivity index (χ0v) is 17.5. The van der Waals surface area contributed by atoms with E-state index in [4.69, 9.17) is 34.8 Å². The van der Waals surface area contributed by atoms with Crippen LogP contribution in [0.2, 0.25) is 15.1 Å².